The molecule has 0 aliphatic carbocycles. The molecule has 1 N–H and O–H groups in total. The average molecular weight is 433 g/mol. The van der Waals surface area contributed by atoms with Gasteiger partial charge in [-0.3, -0.25) is 4.79 Å². The van der Waals surface area contributed by atoms with Crippen molar-refractivity contribution in [1.29, 1.82) is 0 Å². The minimum absolute atomic E-state index is 0.0804. The number of carbonyl (C=O) groups is 1. The third kappa shape index (κ3) is 3.59. The lowest BCUT2D eigenvalue weighted by atomic mass is 10.1. The number of fused-ring (bicyclic) bond motifs is 2. The number of rotatable bonds is 4. The molecule has 0 saturated carbocycles. The number of hydrogen-bond acceptors (Lipinski definition) is 6. The number of nitrogens with zero attached hydrogens (tertiary/aromatic N) is 6. The first-order chi connectivity index (χ1) is 15.5. The molecule has 1 saturated heterocycles. The second kappa shape index (κ2) is 8.07. The van der Waals surface area contributed by atoms with Gasteiger partial charge in [-0.05, 0) is 31.2 Å². The van der Waals surface area contributed by atoms with Gasteiger partial charge in [0.25, 0.3) is 0 Å². The molecule has 1 aromatic carbocycles. The molecule has 3 aromatic heterocycles. The van der Waals surface area contributed by atoms with E-state index in [4.69, 9.17) is 4.98 Å². The monoisotopic (exact) mass is 433 g/mol. The van der Waals surface area contributed by atoms with E-state index in [0.29, 0.717) is 43.8 Å². The molecule has 1 fully saturated rings. The highest BCUT2D eigenvalue weighted by molar-refractivity contribution is 5.85. The predicted octanol–water partition coefficient (Wildman–Crippen LogP) is 3.01. The van der Waals surface area contributed by atoms with Crippen molar-refractivity contribution in [1.82, 2.24) is 24.5 Å². The van der Waals surface area contributed by atoms with E-state index in [1.165, 1.54) is 6.07 Å². The van der Waals surface area contributed by atoms with Crippen LogP contribution in [0.25, 0.3) is 16.6 Å². The minimum atomic E-state index is -0.263. The van der Waals surface area contributed by atoms with Gasteiger partial charge in [0.05, 0.1) is 11.7 Å². The first-order valence-electron chi connectivity index (χ1n) is 10.6. The van der Waals surface area contributed by atoms with E-state index in [-0.39, 0.29) is 11.7 Å². The number of anilines is 2. The summed E-state index contributed by atoms with van der Waals surface area (Å²) in [6, 6.07) is 9.04. The Morgan fingerprint density at radius 3 is 2.72 bits per heavy atom. The molecular weight excluding hydrogens is 409 g/mol. The van der Waals surface area contributed by atoms with E-state index in [2.05, 4.69) is 26.4 Å². The summed E-state index contributed by atoms with van der Waals surface area (Å²) in [5.74, 6) is 1.45. The molecule has 1 aliphatic rings. The van der Waals surface area contributed by atoms with Crippen molar-refractivity contribution in [3.8, 4) is 0 Å². The molecule has 5 rings (SSSR count). The molecule has 0 atom stereocenters. The van der Waals surface area contributed by atoms with Crippen LogP contribution < -0.4 is 10.2 Å². The topological polar surface area (TPSA) is 78.7 Å². The Balaban J connectivity index is 1.51. The van der Waals surface area contributed by atoms with E-state index in [1.54, 1.807) is 36.8 Å². The fourth-order valence-corrected chi connectivity index (χ4v) is 4.18. The van der Waals surface area contributed by atoms with Crippen molar-refractivity contribution in [3.63, 3.8) is 0 Å². The summed E-state index contributed by atoms with van der Waals surface area (Å²) in [5, 5.41) is 8.66. The number of piperazine rings is 1. The summed E-state index contributed by atoms with van der Waals surface area (Å²) >= 11 is 0. The molecule has 1 amide bonds. The Morgan fingerprint density at radius 2 is 1.94 bits per heavy atom. The zero-order chi connectivity index (χ0) is 22.2. The number of aryl methyl sites for hydroxylation is 1. The van der Waals surface area contributed by atoms with E-state index in [9.17, 15) is 9.18 Å². The molecular formula is C23H24FN7O. The normalized spacial score (nSPS) is 14.3. The van der Waals surface area contributed by atoms with Crippen LogP contribution in [0.1, 0.15) is 18.1 Å². The van der Waals surface area contributed by atoms with Crippen LogP contribution in [0.2, 0.25) is 0 Å². The molecule has 4 aromatic rings. The maximum absolute atomic E-state index is 14.2. The van der Waals surface area contributed by atoms with Gasteiger partial charge in [0, 0.05) is 68.4 Å². The fourth-order valence-electron chi connectivity index (χ4n) is 4.18. The average Bonchev–Trinajstić information content (AvgIpc) is 3.29. The number of aromatic nitrogens is 4. The van der Waals surface area contributed by atoms with Crippen LogP contribution in [0.3, 0.4) is 0 Å². The first-order valence-corrected chi connectivity index (χ1v) is 10.6. The second-order valence-electron chi connectivity index (χ2n) is 7.99. The molecule has 32 heavy (non-hydrogen) atoms. The Hall–Kier alpha value is -3.75. The first kappa shape index (κ1) is 20.2. The third-order valence-corrected chi connectivity index (χ3v) is 6.01. The fraction of sp³-hybridized carbons (Fsp3) is 0.304. The quantitative estimate of drug-likeness (QED) is 0.533. The van der Waals surface area contributed by atoms with E-state index < -0.39 is 0 Å². The van der Waals surface area contributed by atoms with Crippen molar-refractivity contribution in [3.05, 3.63) is 59.7 Å². The van der Waals surface area contributed by atoms with Crippen LogP contribution in [0, 0.1) is 12.7 Å². The van der Waals surface area contributed by atoms with Gasteiger partial charge in [0.15, 0.2) is 5.65 Å². The van der Waals surface area contributed by atoms with Crippen molar-refractivity contribution >= 4 is 34.1 Å². The number of halogens is 1. The van der Waals surface area contributed by atoms with Gasteiger partial charge in [-0.2, -0.15) is 9.61 Å². The largest absolute Gasteiger partial charge is 0.366 e. The Morgan fingerprint density at radius 1 is 1.12 bits per heavy atom. The van der Waals surface area contributed by atoms with Gasteiger partial charge in [-0.25, -0.2) is 14.4 Å². The van der Waals surface area contributed by atoms with Crippen LogP contribution in [-0.2, 0) is 11.3 Å². The van der Waals surface area contributed by atoms with Gasteiger partial charge in [0.1, 0.15) is 17.5 Å². The molecule has 4 heterocycles. The molecule has 0 unspecified atom stereocenters. The highest BCUT2D eigenvalue weighted by Crippen LogP contribution is 2.28. The van der Waals surface area contributed by atoms with Crippen molar-refractivity contribution < 1.29 is 9.18 Å². The summed E-state index contributed by atoms with van der Waals surface area (Å²) in [5.41, 5.74) is 2.96. The van der Waals surface area contributed by atoms with Crippen molar-refractivity contribution in [2.45, 2.75) is 20.4 Å². The van der Waals surface area contributed by atoms with Gasteiger partial charge in [-0.1, -0.05) is 0 Å². The highest BCUT2D eigenvalue weighted by Gasteiger charge is 2.23. The Kier molecular flexibility index (Phi) is 5.08. The van der Waals surface area contributed by atoms with E-state index >= 15 is 0 Å². The lowest BCUT2D eigenvalue weighted by Crippen LogP contribution is -2.48. The summed E-state index contributed by atoms with van der Waals surface area (Å²) in [7, 11) is 0. The maximum atomic E-state index is 14.2. The summed E-state index contributed by atoms with van der Waals surface area (Å²) in [6.45, 7) is 6.50. The Bertz CT molecular complexity index is 1310. The number of nitrogens with one attached hydrogen (secondary N) is 1. The van der Waals surface area contributed by atoms with Crippen LogP contribution in [0.15, 0.2) is 42.7 Å². The lowest BCUT2D eigenvalue weighted by molar-refractivity contribution is -0.129. The number of hydrogen-bond donors (Lipinski definition) is 1. The predicted molar refractivity (Wildman–Crippen MR) is 121 cm³/mol. The number of carbonyl (C=O) groups excluding carboxylic acids is 1. The van der Waals surface area contributed by atoms with Crippen molar-refractivity contribution in [2.24, 2.45) is 0 Å². The molecule has 1 aliphatic heterocycles. The smallest absolute Gasteiger partial charge is 0.219 e. The highest BCUT2D eigenvalue weighted by atomic mass is 19.1. The minimum Gasteiger partial charge on any atom is -0.366 e. The second-order valence-corrected chi connectivity index (χ2v) is 7.99. The third-order valence-electron chi connectivity index (χ3n) is 6.01. The molecule has 0 spiro atoms. The summed E-state index contributed by atoms with van der Waals surface area (Å²) in [4.78, 5) is 25.0. The molecule has 9 heteroatoms. The maximum Gasteiger partial charge on any atom is 0.219 e. The summed E-state index contributed by atoms with van der Waals surface area (Å²) < 4.78 is 16.0. The molecule has 8 nitrogen and oxygen atoms in total. The number of benzene rings is 1. The molecule has 0 bridgehead atoms. The van der Waals surface area contributed by atoms with Gasteiger partial charge in [-0.15, -0.1) is 0 Å². The standard InChI is InChI=1S/C23H24FN7O/c1-15-19(24)4-3-17-13-18(14-26-21-5-7-25-20-6-8-27-31(20)21)23(28-22(15)17)30-11-9-29(10-12-30)16(2)32/h3-8,13,26H,9-12,14H2,1-2H3. The number of amides is 1. The van der Waals surface area contributed by atoms with Crippen LogP contribution in [0.4, 0.5) is 16.0 Å². The zero-order valence-electron chi connectivity index (χ0n) is 18.0. The van der Waals surface area contributed by atoms with Crippen molar-refractivity contribution in [2.75, 3.05) is 36.4 Å². The zero-order valence-corrected chi connectivity index (χ0v) is 18.0. The van der Waals surface area contributed by atoms with Gasteiger partial charge >= 0.3 is 0 Å². The van der Waals surface area contributed by atoms with Gasteiger partial charge in [0.2, 0.25) is 5.91 Å². The van der Waals surface area contributed by atoms with Crippen LogP contribution >= 0.6 is 0 Å². The SMILES string of the molecule is CC(=O)N1CCN(c2nc3c(C)c(F)ccc3cc2CNc2ccnc3ccnn23)CC1. The van der Waals surface area contributed by atoms with Crippen LogP contribution in [0.5, 0.6) is 0 Å². The lowest BCUT2D eigenvalue weighted by Gasteiger charge is -2.36. The Labute approximate surface area is 184 Å². The van der Waals surface area contributed by atoms with E-state index in [1.807, 2.05) is 17.0 Å². The van der Waals surface area contributed by atoms with E-state index in [0.717, 1.165) is 28.2 Å². The van der Waals surface area contributed by atoms with Crippen LogP contribution in [-0.4, -0.2) is 56.6 Å². The van der Waals surface area contributed by atoms with Gasteiger partial charge < -0.3 is 15.1 Å². The molecule has 0 radical (unpaired) electrons. The molecule has 164 valence electrons. The summed E-state index contributed by atoms with van der Waals surface area (Å²) in [6.07, 6.45) is 3.45. The number of pyridine rings is 1.